The molecule has 0 spiro atoms. The average molecular weight is 826 g/mol. The first-order valence-corrected chi connectivity index (χ1v) is 10.6. The molecule has 32 heavy (non-hydrogen) atoms. The molecule has 182 valence electrons. The Morgan fingerprint density at radius 1 is 0.281 bits per heavy atom. The first kappa shape index (κ1) is 38.5. The predicted molar refractivity (Wildman–Crippen MR) is 147 cm³/mol. The van der Waals surface area contributed by atoms with Crippen molar-refractivity contribution in [1.29, 1.82) is 0 Å². The second-order valence-corrected chi connectivity index (χ2v) is 8.52. The molecular formula is C28H34Au2P2-4. The van der Waals surface area contributed by atoms with Crippen molar-refractivity contribution in [3.63, 3.8) is 0 Å². The van der Waals surface area contributed by atoms with E-state index < -0.39 is 0 Å². The van der Waals surface area contributed by atoms with Gasteiger partial charge in [0.1, 0.15) is 0 Å². The summed E-state index contributed by atoms with van der Waals surface area (Å²) in [6, 6.07) is 42.3. The second-order valence-electron chi connectivity index (χ2n) is 5.71. The number of hydrogen-bond acceptors (Lipinski definition) is 0. The Bertz CT molecular complexity index is 720. The molecule has 0 atom stereocenters. The van der Waals surface area contributed by atoms with Crippen LogP contribution in [-0.4, -0.2) is 0 Å². The summed E-state index contributed by atoms with van der Waals surface area (Å²) in [5.74, 6) is 0. The molecular weight excluding hydrogens is 792 g/mol. The van der Waals surface area contributed by atoms with Crippen LogP contribution >= 0.6 is 17.2 Å². The molecule has 0 amide bonds. The summed E-state index contributed by atoms with van der Waals surface area (Å²) in [5.41, 5.74) is 0. The van der Waals surface area contributed by atoms with E-state index in [9.17, 15) is 0 Å². The fraction of sp³-hybridized carbons (Fsp3) is 0. The molecule has 0 aliphatic heterocycles. The van der Waals surface area contributed by atoms with Crippen molar-refractivity contribution in [1.82, 2.24) is 0 Å². The van der Waals surface area contributed by atoms with Gasteiger partial charge >= 0.3 is 0 Å². The standard InChI is InChI=1S/2C12H11P.4CH3.2Au/c2*1-3-7-11(8-4-1)13-12-9-5-2-6-10-12;;;;;;/h2*1-10,13H;4*1H3;;/q;;4*-1;;. The van der Waals surface area contributed by atoms with Crippen LogP contribution in [-0.2, 0) is 44.8 Å². The predicted octanol–water partition coefficient (Wildman–Crippen LogP) is 6.43. The van der Waals surface area contributed by atoms with Crippen molar-refractivity contribution in [2.75, 3.05) is 0 Å². The van der Waals surface area contributed by atoms with Gasteiger partial charge in [-0.2, -0.15) is 0 Å². The molecule has 0 aliphatic rings. The van der Waals surface area contributed by atoms with Crippen LogP contribution in [0.4, 0.5) is 0 Å². The van der Waals surface area contributed by atoms with E-state index in [-0.39, 0.29) is 74.5 Å². The molecule has 4 rings (SSSR count). The molecule has 4 heteroatoms. The fourth-order valence-corrected chi connectivity index (χ4v) is 4.52. The van der Waals surface area contributed by atoms with Crippen LogP contribution in [0.2, 0.25) is 0 Å². The number of rotatable bonds is 4. The summed E-state index contributed by atoms with van der Waals surface area (Å²) in [6.45, 7) is 0. The minimum Gasteiger partial charge on any atom is -0.358 e. The zero-order chi connectivity index (χ0) is 17.9. The Morgan fingerprint density at radius 3 is 0.594 bits per heavy atom. The zero-order valence-electron chi connectivity index (χ0n) is 19.2. The molecule has 0 aromatic heterocycles. The first-order chi connectivity index (χ1) is 12.9. The van der Waals surface area contributed by atoms with Crippen LogP contribution in [0.3, 0.4) is 0 Å². The van der Waals surface area contributed by atoms with Crippen LogP contribution in [0.5, 0.6) is 0 Å². The molecule has 0 saturated carbocycles. The van der Waals surface area contributed by atoms with Gasteiger partial charge in [-0.15, -0.1) is 0 Å². The summed E-state index contributed by atoms with van der Waals surface area (Å²) in [5, 5.41) is 5.59. The Labute approximate surface area is 232 Å². The Kier molecular flexibility index (Phi) is 28.1. The van der Waals surface area contributed by atoms with Crippen molar-refractivity contribution in [3.05, 3.63) is 151 Å². The minimum absolute atomic E-state index is 0. The molecule has 4 aromatic rings. The number of hydrogen-bond donors (Lipinski definition) is 0. The SMILES string of the molecule is [Au].[Au].[CH3-].[CH3-].[CH3-].[CH3-].c1ccc(Pc2ccccc2)cc1.c1ccc(Pc2ccccc2)cc1. The third kappa shape index (κ3) is 15.1. The quantitative estimate of drug-likeness (QED) is 0.127. The van der Waals surface area contributed by atoms with E-state index >= 15 is 0 Å². The van der Waals surface area contributed by atoms with E-state index in [0.717, 1.165) is 17.2 Å². The first-order valence-electron chi connectivity index (χ1n) is 8.64. The Balaban J connectivity index is -0.000000206. The minimum atomic E-state index is 0. The van der Waals surface area contributed by atoms with Crippen LogP contribution in [0, 0.1) is 29.7 Å². The second kappa shape index (κ2) is 23.4. The van der Waals surface area contributed by atoms with Gasteiger partial charge in [0.15, 0.2) is 0 Å². The van der Waals surface area contributed by atoms with Crippen molar-refractivity contribution in [3.8, 4) is 0 Å². The Hall–Kier alpha value is -0.779. The smallest absolute Gasteiger partial charge is 0 e. The van der Waals surface area contributed by atoms with Crippen molar-refractivity contribution in [2.45, 2.75) is 0 Å². The molecule has 0 unspecified atom stereocenters. The monoisotopic (exact) mass is 826 g/mol. The van der Waals surface area contributed by atoms with E-state index in [0.29, 0.717) is 0 Å². The zero-order valence-corrected chi connectivity index (χ0v) is 25.5. The van der Waals surface area contributed by atoms with Gasteiger partial charge in [0.05, 0.1) is 0 Å². The van der Waals surface area contributed by atoms with Crippen molar-refractivity contribution >= 4 is 38.4 Å². The van der Waals surface area contributed by atoms with E-state index in [4.69, 9.17) is 0 Å². The molecule has 0 fully saturated rings. The van der Waals surface area contributed by atoms with Crippen LogP contribution in [0.25, 0.3) is 0 Å². The summed E-state index contributed by atoms with van der Waals surface area (Å²) < 4.78 is 0. The van der Waals surface area contributed by atoms with Crippen LogP contribution < -0.4 is 21.2 Å². The third-order valence-electron chi connectivity index (χ3n) is 3.67. The summed E-state index contributed by atoms with van der Waals surface area (Å²) >= 11 is 0. The van der Waals surface area contributed by atoms with E-state index in [2.05, 4.69) is 121 Å². The van der Waals surface area contributed by atoms with Gasteiger partial charge in [-0.25, -0.2) is 0 Å². The van der Waals surface area contributed by atoms with Gasteiger partial charge in [-0.1, -0.05) is 138 Å². The molecule has 0 aliphatic carbocycles. The number of benzene rings is 4. The van der Waals surface area contributed by atoms with E-state index in [1.54, 1.807) is 0 Å². The molecule has 0 N–H and O–H groups in total. The maximum atomic E-state index is 2.17. The fourth-order valence-electron chi connectivity index (χ4n) is 2.42. The molecule has 0 nitrogen and oxygen atoms in total. The maximum Gasteiger partial charge on any atom is 0 e. The van der Waals surface area contributed by atoms with Crippen molar-refractivity contribution in [2.24, 2.45) is 0 Å². The van der Waals surface area contributed by atoms with Gasteiger partial charge in [-0.3, -0.25) is 0 Å². The van der Waals surface area contributed by atoms with Gasteiger partial charge in [0, 0.05) is 44.8 Å². The van der Waals surface area contributed by atoms with Crippen molar-refractivity contribution < 1.29 is 44.8 Å². The normalized spacial score (nSPS) is 8.00. The summed E-state index contributed by atoms with van der Waals surface area (Å²) in [7, 11) is 1.55. The summed E-state index contributed by atoms with van der Waals surface area (Å²) in [6.07, 6.45) is 0. The maximum absolute atomic E-state index is 2.17. The van der Waals surface area contributed by atoms with Gasteiger partial charge in [0.2, 0.25) is 0 Å². The Morgan fingerprint density at radius 2 is 0.438 bits per heavy atom. The topological polar surface area (TPSA) is 0 Å². The molecule has 0 bridgehead atoms. The molecule has 4 aromatic carbocycles. The van der Waals surface area contributed by atoms with Gasteiger partial charge in [0.25, 0.3) is 0 Å². The largest absolute Gasteiger partial charge is 0.358 e. The molecule has 0 heterocycles. The van der Waals surface area contributed by atoms with E-state index in [1.165, 1.54) is 21.2 Å². The average Bonchev–Trinajstić information content (AvgIpc) is 2.72. The molecule has 0 saturated heterocycles. The van der Waals surface area contributed by atoms with Crippen LogP contribution in [0.15, 0.2) is 121 Å². The van der Waals surface area contributed by atoms with Crippen LogP contribution in [0.1, 0.15) is 0 Å². The van der Waals surface area contributed by atoms with Gasteiger partial charge in [-0.05, 0) is 21.2 Å². The summed E-state index contributed by atoms with van der Waals surface area (Å²) in [4.78, 5) is 0. The third-order valence-corrected chi connectivity index (χ3v) is 6.16. The molecule has 2 radical (unpaired) electrons. The van der Waals surface area contributed by atoms with Gasteiger partial charge < -0.3 is 29.7 Å². The van der Waals surface area contributed by atoms with E-state index in [1.807, 2.05) is 0 Å².